The second-order valence-electron chi connectivity index (χ2n) is 8.05. The first-order valence-corrected chi connectivity index (χ1v) is 10.4. The van der Waals surface area contributed by atoms with E-state index in [9.17, 15) is 4.79 Å². The van der Waals surface area contributed by atoms with Crippen LogP contribution in [-0.4, -0.2) is 39.5 Å². The van der Waals surface area contributed by atoms with Gasteiger partial charge in [-0.3, -0.25) is 0 Å². The molecule has 0 radical (unpaired) electrons. The van der Waals surface area contributed by atoms with Crippen molar-refractivity contribution in [2.75, 3.05) is 18.0 Å². The first-order chi connectivity index (χ1) is 14.4. The number of benzene rings is 1. The molecule has 5 rings (SSSR count). The first-order valence-electron chi connectivity index (χ1n) is 9.98. The largest absolute Gasteiger partial charge is 0.421 e. The average Bonchev–Trinajstić information content (AvgIpc) is 3.11. The number of hydrogen-bond donors (Lipinski definition) is 1. The van der Waals surface area contributed by atoms with E-state index in [1.54, 1.807) is 16.8 Å². The summed E-state index contributed by atoms with van der Waals surface area (Å²) < 4.78 is 7.44. The molecule has 0 spiro atoms. The molecule has 1 aromatic carbocycles. The molecular formula is C22H22ClN5O2. The van der Waals surface area contributed by atoms with Crippen LogP contribution < -0.4 is 15.8 Å². The first kappa shape index (κ1) is 19.1. The molecule has 154 valence electrons. The number of imidazole rings is 1. The molecule has 1 fully saturated rings. The van der Waals surface area contributed by atoms with E-state index in [0.29, 0.717) is 45.4 Å². The summed E-state index contributed by atoms with van der Waals surface area (Å²) in [5.74, 6) is 0.420. The molecule has 7 nitrogen and oxygen atoms in total. The molecule has 1 saturated heterocycles. The Morgan fingerprint density at radius 1 is 1.13 bits per heavy atom. The Morgan fingerprint density at radius 2 is 1.90 bits per heavy atom. The molecule has 0 saturated carbocycles. The van der Waals surface area contributed by atoms with Crippen LogP contribution in [0.2, 0.25) is 5.15 Å². The maximum atomic E-state index is 12.8. The van der Waals surface area contributed by atoms with E-state index in [2.05, 4.69) is 40.1 Å². The Morgan fingerprint density at radius 3 is 2.67 bits per heavy atom. The molecule has 3 aromatic heterocycles. The smallest absolute Gasteiger partial charge is 0.344 e. The molecule has 1 N–H and O–H groups in total. The molecular weight excluding hydrogens is 402 g/mol. The predicted molar refractivity (Wildman–Crippen MR) is 118 cm³/mol. The van der Waals surface area contributed by atoms with Crippen LogP contribution >= 0.6 is 11.6 Å². The number of rotatable bonds is 2. The third-order valence-electron chi connectivity index (χ3n) is 5.50. The number of nitrogens with zero attached hydrogens (tertiary/aromatic N) is 4. The fourth-order valence-corrected chi connectivity index (χ4v) is 4.50. The molecule has 0 bridgehead atoms. The Bertz CT molecular complexity index is 1320. The van der Waals surface area contributed by atoms with E-state index in [-0.39, 0.29) is 5.63 Å². The van der Waals surface area contributed by atoms with E-state index in [4.69, 9.17) is 16.0 Å². The van der Waals surface area contributed by atoms with Crippen LogP contribution in [0.4, 0.5) is 5.69 Å². The van der Waals surface area contributed by atoms with Crippen LogP contribution in [0.1, 0.15) is 19.5 Å². The van der Waals surface area contributed by atoms with Crippen molar-refractivity contribution in [3.05, 3.63) is 57.9 Å². The van der Waals surface area contributed by atoms with Gasteiger partial charge < -0.3 is 19.0 Å². The quantitative estimate of drug-likeness (QED) is 0.530. The van der Waals surface area contributed by atoms with Crippen molar-refractivity contribution in [2.45, 2.75) is 32.9 Å². The molecule has 30 heavy (non-hydrogen) atoms. The Hall–Kier alpha value is -2.90. The van der Waals surface area contributed by atoms with Gasteiger partial charge in [-0.05, 0) is 44.4 Å². The lowest BCUT2D eigenvalue weighted by atomic mass is 10.1. The summed E-state index contributed by atoms with van der Waals surface area (Å²) >= 11 is 6.04. The second kappa shape index (κ2) is 7.11. The van der Waals surface area contributed by atoms with E-state index in [1.807, 2.05) is 25.1 Å². The van der Waals surface area contributed by atoms with Crippen molar-refractivity contribution in [1.82, 2.24) is 19.7 Å². The molecule has 0 aliphatic carbocycles. The van der Waals surface area contributed by atoms with Gasteiger partial charge in [0, 0.05) is 43.3 Å². The van der Waals surface area contributed by atoms with Crippen LogP contribution in [0.15, 0.2) is 45.9 Å². The van der Waals surface area contributed by atoms with E-state index in [1.165, 1.54) is 0 Å². The van der Waals surface area contributed by atoms with Crippen LogP contribution in [0.3, 0.4) is 0 Å². The Labute approximate surface area is 178 Å². The zero-order valence-corrected chi connectivity index (χ0v) is 17.8. The Kier molecular flexibility index (Phi) is 4.52. The number of piperazine rings is 1. The van der Waals surface area contributed by atoms with Gasteiger partial charge in [-0.2, -0.15) is 0 Å². The molecule has 0 unspecified atom stereocenters. The number of aromatic nitrogens is 3. The van der Waals surface area contributed by atoms with Gasteiger partial charge in [-0.1, -0.05) is 17.7 Å². The van der Waals surface area contributed by atoms with Gasteiger partial charge in [0.15, 0.2) is 11.4 Å². The topological polar surface area (TPSA) is 75.7 Å². The van der Waals surface area contributed by atoms with Gasteiger partial charge in [-0.15, -0.1) is 0 Å². The SMILES string of the molecule is Cc1nc(Cl)cn2cc(-c3cc4ccc(N5C[C@@H](C)N[C@@H](C)C5)cc4c(=O)o3)nc12. The fraction of sp³-hybridized carbons (Fsp3) is 0.318. The van der Waals surface area contributed by atoms with Gasteiger partial charge in [0.1, 0.15) is 10.8 Å². The van der Waals surface area contributed by atoms with Crippen molar-refractivity contribution >= 4 is 33.7 Å². The highest BCUT2D eigenvalue weighted by molar-refractivity contribution is 6.29. The lowest BCUT2D eigenvalue weighted by molar-refractivity contribution is 0.407. The minimum absolute atomic E-state index is 0.370. The number of fused-ring (bicyclic) bond motifs is 2. The number of aryl methyl sites for hydroxylation is 1. The van der Waals surface area contributed by atoms with Gasteiger partial charge >= 0.3 is 5.63 Å². The molecule has 0 amide bonds. The average molecular weight is 424 g/mol. The molecule has 8 heteroatoms. The summed E-state index contributed by atoms with van der Waals surface area (Å²) in [5, 5.41) is 5.30. The minimum Gasteiger partial charge on any atom is -0.421 e. The normalized spacial score (nSPS) is 19.7. The summed E-state index contributed by atoms with van der Waals surface area (Å²) in [4.78, 5) is 23.9. The van der Waals surface area contributed by atoms with Crippen LogP contribution in [0.5, 0.6) is 0 Å². The molecule has 4 aromatic rings. The predicted octanol–water partition coefficient (Wildman–Crippen LogP) is 3.65. The third kappa shape index (κ3) is 3.34. The lowest BCUT2D eigenvalue weighted by Crippen LogP contribution is -2.54. The van der Waals surface area contributed by atoms with Gasteiger partial charge in [0.25, 0.3) is 0 Å². The number of nitrogens with one attached hydrogen (secondary N) is 1. The van der Waals surface area contributed by atoms with Crippen LogP contribution in [0.25, 0.3) is 27.9 Å². The monoisotopic (exact) mass is 423 g/mol. The maximum Gasteiger partial charge on any atom is 0.344 e. The second-order valence-corrected chi connectivity index (χ2v) is 8.44. The standard InChI is InChI=1S/C22H22ClN5O2/c1-12-8-27(9-13(2)24-12)16-5-4-15-6-19(30-22(29)17(15)7-16)18-10-28-11-20(23)25-14(3)21(28)26-18/h4-7,10-13,24H,8-9H2,1-3H3/t12-,13+. The zero-order valence-electron chi connectivity index (χ0n) is 17.0. The molecule has 2 atom stereocenters. The third-order valence-corrected chi connectivity index (χ3v) is 5.68. The highest BCUT2D eigenvalue weighted by Gasteiger charge is 2.22. The molecule has 1 aliphatic rings. The van der Waals surface area contributed by atoms with Crippen molar-refractivity contribution in [3.63, 3.8) is 0 Å². The number of anilines is 1. The van der Waals surface area contributed by atoms with Gasteiger partial charge in [0.2, 0.25) is 0 Å². The van der Waals surface area contributed by atoms with Gasteiger partial charge in [0.05, 0.1) is 11.1 Å². The summed E-state index contributed by atoms with van der Waals surface area (Å²) in [6.45, 7) is 7.98. The van der Waals surface area contributed by atoms with Crippen LogP contribution in [-0.2, 0) is 0 Å². The van der Waals surface area contributed by atoms with Crippen molar-refractivity contribution in [1.29, 1.82) is 0 Å². The summed E-state index contributed by atoms with van der Waals surface area (Å²) in [6.07, 6.45) is 3.47. The zero-order chi connectivity index (χ0) is 21.0. The molecule has 1 aliphatic heterocycles. The summed E-state index contributed by atoms with van der Waals surface area (Å²) in [7, 11) is 0. The number of hydrogen-bond acceptors (Lipinski definition) is 6. The lowest BCUT2D eigenvalue weighted by Gasteiger charge is -2.37. The van der Waals surface area contributed by atoms with E-state index < -0.39 is 0 Å². The van der Waals surface area contributed by atoms with Crippen LogP contribution in [0, 0.1) is 6.92 Å². The van der Waals surface area contributed by atoms with E-state index >= 15 is 0 Å². The number of halogens is 1. The summed E-state index contributed by atoms with van der Waals surface area (Å²) in [5.41, 5.74) is 2.61. The van der Waals surface area contributed by atoms with Gasteiger partial charge in [-0.25, -0.2) is 14.8 Å². The fourth-order valence-electron chi connectivity index (χ4n) is 4.27. The molecule has 4 heterocycles. The highest BCUT2D eigenvalue weighted by atomic mass is 35.5. The van der Waals surface area contributed by atoms with Crippen molar-refractivity contribution in [2.24, 2.45) is 0 Å². The highest BCUT2D eigenvalue weighted by Crippen LogP contribution is 2.27. The summed E-state index contributed by atoms with van der Waals surface area (Å²) in [6, 6.07) is 8.60. The maximum absolute atomic E-state index is 12.8. The Balaban J connectivity index is 1.56. The van der Waals surface area contributed by atoms with Crippen molar-refractivity contribution in [3.8, 4) is 11.5 Å². The minimum atomic E-state index is -0.370. The van der Waals surface area contributed by atoms with E-state index in [0.717, 1.165) is 24.2 Å². The van der Waals surface area contributed by atoms with Crippen molar-refractivity contribution < 1.29 is 4.42 Å².